The summed E-state index contributed by atoms with van der Waals surface area (Å²) in [7, 11) is 0. The molecule has 0 saturated heterocycles. The summed E-state index contributed by atoms with van der Waals surface area (Å²) >= 11 is 0. The largest absolute Gasteiger partial charge is 0.357 e. The van der Waals surface area contributed by atoms with Gasteiger partial charge >= 0.3 is 0 Å². The third-order valence-electron chi connectivity index (χ3n) is 1.74. The Labute approximate surface area is 79.7 Å². The normalized spacial score (nSPS) is 10.0. The molecule has 6 heteroatoms. The molecule has 0 radical (unpaired) electrons. The molecule has 0 spiro atoms. The maximum Gasteiger partial charge on any atom is 0.268 e. The van der Waals surface area contributed by atoms with Gasteiger partial charge < -0.3 is 10.3 Å². The maximum atomic E-state index is 11.4. The van der Waals surface area contributed by atoms with Gasteiger partial charge in [0, 0.05) is 6.20 Å². The van der Waals surface area contributed by atoms with Crippen molar-refractivity contribution in [2.75, 3.05) is 0 Å². The predicted molar refractivity (Wildman–Crippen MR) is 48.3 cm³/mol. The van der Waals surface area contributed by atoms with E-state index >= 15 is 0 Å². The predicted octanol–water partition coefficient (Wildman–Crippen LogP) is 0.0628. The SMILES string of the molecule is O=C(NCc1cn[nH]n1)c1ccc[nH]1. The molecule has 14 heavy (non-hydrogen) atoms. The van der Waals surface area contributed by atoms with E-state index in [1.165, 1.54) is 0 Å². The Balaban J connectivity index is 1.90. The molecule has 2 heterocycles. The molecule has 0 fully saturated rings. The van der Waals surface area contributed by atoms with Gasteiger partial charge in [0.25, 0.3) is 5.91 Å². The van der Waals surface area contributed by atoms with Crippen LogP contribution in [-0.2, 0) is 6.54 Å². The van der Waals surface area contributed by atoms with Crippen molar-refractivity contribution >= 4 is 5.91 Å². The van der Waals surface area contributed by atoms with Gasteiger partial charge in [0.15, 0.2) is 0 Å². The zero-order valence-corrected chi connectivity index (χ0v) is 7.32. The second-order valence-electron chi connectivity index (χ2n) is 2.73. The summed E-state index contributed by atoms with van der Waals surface area (Å²) in [5, 5.41) is 12.6. The molecule has 0 aliphatic carbocycles. The van der Waals surface area contributed by atoms with Gasteiger partial charge in [0.1, 0.15) is 11.4 Å². The third kappa shape index (κ3) is 1.79. The fraction of sp³-hybridized carbons (Fsp3) is 0.125. The summed E-state index contributed by atoms with van der Waals surface area (Å²) in [6.45, 7) is 0.369. The van der Waals surface area contributed by atoms with Gasteiger partial charge in [-0.15, -0.1) is 0 Å². The van der Waals surface area contributed by atoms with Gasteiger partial charge in [-0.05, 0) is 12.1 Å². The van der Waals surface area contributed by atoms with E-state index in [-0.39, 0.29) is 5.91 Å². The summed E-state index contributed by atoms with van der Waals surface area (Å²) in [5.41, 5.74) is 1.23. The van der Waals surface area contributed by atoms with Crippen LogP contribution in [0, 0.1) is 0 Å². The van der Waals surface area contributed by atoms with E-state index in [1.807, 2.05) is 0 Å². The first-order valence-corrected chi connectivity index (χ1v) is 4.12. The number of aromatic nitrogens is 4. The van der Waals surface area contributed by atoms with Crippen LogP contribution in [0.25, 0.3) is 0 Å². The van der Waals surface area contributed by atoms with Gasteiger partial charge in [0.2, 0.25) is 0 Å². The molecule has 2 rings (SSSR count). The second-order valence-corrected chi connectivity index (χ2v) is 2.73. The van der Waals surface area contributed by atoms with E-state index in [4.69, 9.17) is 0 Å². The van der Waals surface area contributed by atoms with Crippen LogP contribution < -0.4 is 5.32 Å². The number of carbonyl (C=O) groups excluding carboxylic acids is 1. The van der Waals surface area contributed by atoms with Crippen LogP contribution in [0.4, 0.5) is 0 Å². The maximum absolute atomic E-state index is 11.4. The summed E-state index contributed by atoms with van der Waals surface area (Å²) in [4.78, 5) is 14.2. The van der Waals surface area contributed by atoms with Crippen LogP contribution in [0.5, 0.6) is 0 Å². The molecule has 0 aromatic carbocycles. The van der Waals surface area contributed by atoms with Crippen molar-refractivity contribution in [3.8, 4) is 0 Å². The molecule has 6 nitrogen and oxygen atoms in total. The molecule has 0 unspecified atom stereocenters. The molecule has 1 amide bonds. The average molecular weight is 191 g/mol. The van der Waals surface area contributed by atoms with Crippen molar-refractivity contribution in [2.45, 2.75) is 6.54 Å². The standard InChI is InChI=1S/C8H9N5O/c14-8(7-2-1-3-9-7)10-4-6-5-11-13-12-6/h1-3,5,9H,4H2,(H,10,14)(H,11,12,13). The van der Waals surface area contributed by atoms with Crippen LogP contribution in [0.3, 0.4) is 0 Å². The Morgan fingerprint density at radius 2 is 2.50 bits per heavy atom. The molecule has 0 bridgehead atoms. The lowest BCUT2D eigenvalue weighted by Crippen LogP contribution is -2.23. The molecule has 0 atom stereocenters. The van der Waals surface area contributed by atoms with Crippen molar-refractivity contribution in [3.63, 3.8) is 0 Å². The highest BCUT2D eigenvalue weighted by Gasteiger charge is 2.05. The lowest BCUT2D eigenvalue weighted by Gasteiger charge is -1.99. The van der Waals surface area contributed by atoms with Crippen LogP contribution in [0.1, 0.15) is 16.2 Å². The minimum atomic E-state index is -0.155. The average Bonchev–Trinajstić information content (AvgIpc) is 2.87. The van der Waals surface area contributed by atoms with Gasteiger partial charge in [-0.2, -0.15) is 15.4 Å². The summed E-state index contributed by atoms with van der Waals surface area (Å²) in [6, 6.07) is 3.48. The second kappa shape index (κ2) is 3.73. The Morgan fingerprint density at radius 3 is 3.14 bits per heavy atom. The number of H-pyrrole nitrogens is 2. The number of hydrogen-bond donors (Lipinski definition) is 3. The van der Waals surface area contributed by atoms with Crippen molar-refractivity contribution in [1.82, 2.24) is 25.7 Å². The topological polar surface area (TPSA) is 86.5 Å². The Morgan fingerprint density at radius 1 is 1.57 bits per heavy atom. The molecule has 72 valence electrons. The minimum Gasteiger partial charge on any atom is -0.357 e. The summed E-state index contributed by atoms with van der Waals surface area (Å²) in [5.74, 6) is -0.155. The monoisotopic (exact) mass is 191 g/mol. The molecular formula is C8H9N5O. The summed E-state index contributed by atoms with van der Waals surface area (Å²) < 4.78 is 0. The molecule has 0 aliphatic heterocycles. The molecule has 2 aromatic heterocycles. The van der Waals surface area contributed by atoms with Crippen LogP contribution >= 0.6 is 0 Å². The molecule has 3 N–H and O–H groups in total. The zero-order valence-electron chi connectivity index (χ0n) is 7.32. The Bertz CT molecular complexity index is 391. The van der Waals surface area contributed by atoms with E-state index in [0.29, 0.717) is 17.9 Å². The highest BCUT2D eigenvalue weighted by Crippen LogP contribution is 1.95. The number of nitrogens with one attached hydrogen (secondary N) is 3. The Hall–Kier alpha value is -2.11. The first-order chi connectivity index (χ1) is 6.86. The van der Waals surface area contributed by atoms with E-state index in [0.717, 1.165) is 0 Å². The number of hydrogen-bond acceptors (Lipinski definition) is 3. The third-order valence-corrected chi connectivity index (χ3v) is 1.74. The first-order valence-electron chi connectivity index (χ1n) is 4.12. The Kier molecular flexibility index (Phi) is 2.26. The number of carbonyl (C=O) groups is 1. The van der Waals surface area contributed by atoms with Gasteiger partial charge in [-0.25, -0.2) is 0 Å². The fourth-order valence-corrected chi connectivity index (χ4v) is 1.05. The van der Waals surface area contributed by atoms with Crippen LogP contribution in [0.15, 0.2) is 24.5 Å². The molecule has 0 aliphatic rings. The molecule has 0 saturated carbocycles. The number of amides is 1. The minimum absolute atomic E-state index is 0.155. The zero-order chi connectivity index (χ0) is 9.80. The van der Waals surface area contributed by atoms with Crippen molar-refractivity contribution in [3.05, 3.63) is 35.9 Å². The van der Waals surface area contributed by atoms with Crippen LogP contribution in [0.2, 0.25) is 0 Å². The molecule has 2 aromatic rings. The van der Waals surface area contributed by atoms with Crippen molar-refractivity contribution < 1.29 is 4.79 Å². The number of nitrogens with zero attached hydrogens (tertiary/aromatic N) is 2. The molecular weight excluding hydrogens is 182 g/mol. The quantitative estimate of drug-likeness (QED) is 0.641. The van der Waals surface area contributed by atoms with Gasteiger partial charge in [-0.1, -0.05) is 0 Å². The highest BCUT2D eigenvalue weighted by atomic mass is 16.1. The fourth-order valence-electron chi connectivity index (χ4n) is 1.05. The van der Waals surface area contributed by atoms with Crippen LogP contribution in [-0.4, -0.2) is 26.3 Å². The van der Waals surface area contributed by atoms with E-state index in [9.17, 15) is 4.79 Å². The van der Waals surface area contributed by atoms with Crippen molar-refractivity contribution in [2.24, 2.45) is 0 Å². The van der Waals surface area contributed by atoms with Gasteiger partial charge in [-0.3, -0.25) is 4.79 Å². The van der Waals surface area contributed by atoms with E-state index in [2.05, 4.69) is 25.7 Å². The van der Waals surface area contributed by atoms with Crippen molar-refractivity contribution in [1.29, 1.82) is 0 Å². The lowest BCUT2D eigenvalue weighted by atomic mass is 10.4. The lowest BCUT2D eigenvalue weighted by molar-refractivity contribution is 0.0946. The summed E-state index contributed by atoms with van der Waals surface area (Å²) in [6.07, 6.45) is 3.26. The smallest absolute Gasteiger partial charge is 0.268 e. The van der Waals surface area contributed by atoms with E-state index < -0.39 is 0 Å². The highest BCUT2D eigenvalue weighted by molar-refractivity contribution is 5.92. The van der Waals surface area contributed by atoms with E-state index in [1.54, 1.807) is 24.5 Å². The number of rotatable bonds is 3. The van der Waals surface area contributed by atoms with Gasteiger partial charge in [0.05, 0.1) is 12.7 Å². The first kappa shape index (κ1) is 8.49. The number of aromatic amines is 2.